The molecule has 1 aliphatic heterocycles. The van der Waals surface area contributed by atoms with Crippen LogP contribution in [0.4, 0.5) is 4.39 Å². The molecule has 1 fully saturated rings. The van der Waals surface area contributed by atoms with E-state index in [2.05, 4.69) is 5.32 Å². The molecule has 1 aliphatic rings. The molecule has 20 heavy (non-hydrogen) atoms. The van der Waals surface area contributed by atoms with Crippen LogP contribution in [0, 0.1) is 5.82 Å². The number of halogens is 3. The quantitative estimate of drug-likeness (QED) is 0.914. The first-order valence-electron chi connectivity index (χ1n) is 6.04. The Balaban J connectivity index is 0.00000200. The second-order valence-corrected chi connectivity index (χ2v) is 7.00. The third kappa shape index (κ3) is 4.05. The minimum Gasteiger partial charge on any atom is -0.314 e. The number of sulfonamides is 1. The monoisotopic (exact) mass is 342 g/mol. The van der Waals surface area contributed by atoms with Crippen LogP contribution in [0.5, 0.6) is 0 Å². The van der Waals surface area contributed by atoms with E-state index in [0.29, 0.717) is 25.2 Å². The number of hydrogen-bond acceptors (Lipinski definition) is 3. The summed E-state index contributed by atoms with van der Waals surface area (Å²) in [5.41, 5.74) is 0.497. The smallest absolute Gasteiger partial charge is 0.218 e. The van der Waals surface area contributed by atoms with Crippen molar-refractivity contribution < 1.29 is 12.8 Å². The lowest BCUT2D eigenvalue weighted by molar-refractivity contribution is 0.283. The van der Waals surface area contributed by atoms with Crippen molar-refractivity contribution in [3.05, 3.63) is 34.6 Å². The van der Waals surface area contributed by atoms with E-state index in [-0.39, 0.29) is 29.2 Å². The molecule has 0 bridgehead atoms. The molecule has 1 atom stereocenters. The zero-order valence-electron chi connectivity index (χ0n) is 11.0. The Bertz CT molecular complexity index is 569. The summed E-state index contributed by atoms with van der Waals surface area (Å²) in [6.45, 7) is 3.61. The van der Waals surface area contributed by atoms with Gasteiger partial charge in [-0.3, -0.25) is 0 Å². The highest BCUT2D eigenvalue weighted by molar-refractivity contribution is 7.88. The maximum absolute atomic E-state index is 13.0. The molecule has 8 heteroatoms. The molecule has 1 N–H and O–H groups in total. The van der Waals surface area contributed by atoms with Gasteiger partial charge in [-0.25, -0.2) is 12.8 Å². The number of benzene rings is 1. The summed E-state index contributed by atoms with van der Waals surface area (Å²) in [6.07, 6.45) is 0. The number of rotatable bonds is 3. The van der Waals surface area contributed by atoms with Gasteiger partial charge in [-0.2, -0.15) is 4.31 Å². The molecule has 0 amide bonds. The van der Waals surface area contributed by atoms with E-state index in [0.717, 1.165) is 0 Å². The predicted octanol–water partition coefficient (Wildman–Crippen LogP) is 2.02. The Morgan fingerprint density at radius 3 is 2.80 bits per heavy atom. The van der Waals surface area contributed by atoms with Crippen LogP contribution in [0.25, 0.3) is 0 Å². The summed E-state index contributed by atoms with van der Waals surface area (Å²) in [5, 5.41) is 3.09. The molecule has 0 saturated carbocycles. The Hall–Kier alpha value is -0.400. The number of piperazine rings is 1. The van der Waals surface area contributed by atoms with Crippen molar-refractivity contribution in [1.29, 1.82) is 0 Å². The summed E-state index contributed by atoms with van der Waals surface area (Å²) in [7, 11) is -3.40. The third-order valence-electron chi connectivity index (χ3n) is 3.13. The van der Waals surface area contributed by atoms with Crippen LogP contribution >= 0.6 is 24.0 Å². The zero-order valence-corrected chi connectivity index (χ0v) is 13.4. The first kappa shape index (κ1) is 17.7. The highest BCUT2D eigenvalue weighted by atomic mass is 35.5. The van der Waals surface area contributed by atoms with E-state index in [4.69, 9.17) is 11.6 Å². The topological polar surface area (TPSA) is 49.4 Å². The lowest BCUT2D eigenvalue weighted by Gasteiger charge is -2.32. The van der Waals surface area contributed by atoms with Crippen LogP contribution < -0.4 is 5.32 Å². The van der Waals surface area contributed by atoms with Gasteiger partial charge in [-0.15, -0.1) is 12.4 Å². The third-order valence-corrected chi connectivity index (χ3v) is 5.38. The average molecular weight is 343 g/mol. The standard InChI is InChI=1S/C12H16ClFN2O2S.ClH/c1-9-7-15-4-5-16(9)19(17,18)8-10-2-3-12(14)11(13)6-10;/h2-3,6,9,15H,4-5,7-8H2,1H3;1H. The lowest BCUT2D eigenvalue weighted by Crippen LogP contribution is -2.52. The Morgan fingerprint density at radius 2 is 2.20 bits per heavy atom. The highest BCUT2D eigenvalue weighted by Crippen LogP contribution is 2.20. The van der Waals surface area contributed by atoms with Gasteiger partial charge in [-0.1, -0.05) is 17.7 Å². The number of hydrogen-bond donors (Lipinski definition) is 1. The molecule has 4 nitrogen and oxygen atoms in total. The molecule has 114 valence electrons. The molecule has 1 heterocycles. The van der Waals surface area contributed by atoms with E-state index in [1.54, 1.807) is 0 Å². The summed E-state index contributed by atoms with van der Waals surface area (Å²) >= 11 is 5.66. The van der Waals surface area contributed by atoms with Gasteiger partial charge in [0.05, 0.1) is 10.8 Å². The SMILES string of the molecule is CC1CNCCN1S(=O)(=O)Cc1ccc(F)c(Cl)c1.Cl. The highest BCUT2D eigenvalue weighted by Gasteiger charge is 2.29. The van der Waals surface area contributed by atoms with E-state index >= 15 is 0 Å². The van der Waals surface area contributed by atoms with Gasteiger partial charge in [0.1, 0.15) is 5.82 Å². The molecule has 0 radical (unpaired) electrons. The predicted molar refractivity (Wildman–Crippen MR) is 80.3 cm³/mol. The number of nitrogens with one attached hydrogen (secondary N) is 1. The fraction of sp³-hybridized carbons (Fsp3) is 0.500. The van der Waals surface area contributed by atoms with E-state index < -0.39 is 15.8 Å². The van der Waals surface area contributed by atoms with Crippen molar-refractivity contribution in [2.24, 2.45) is 0 Å². The van der Waals surface area contributed by atoms with E-state index in [1.807, 2.05) is 6.92 Å². The maximum Gasteiger partial charge on any atom is 0.218 e. The second-order valence-electron chi connectivity index (χ2n) is 4.67. The first-order valence-corrected chi connectivity index (χ1v) is 8.03. The molecule has 0 aliphatic carbocycles. The molecular formula is C12H17Cl2FN2O2S. The summed E-state index contributed by atoms with van der Waals surface area (Å²) < 4.78 is 39.2. The van der Waals surface area contributed by atoms with Crippen molar-refractivity contribution in [1.82, 2.24) is 9.62 Å². The summed E-state index contributed by atoms with van der Waals surface area (Å²) in [5.74, 6) is -0.699. The zero-order chi connectivity index (χ0) is 14.0. The van der Waals surface area contributed by atoms with Crippen LogP contribution in [0.2, 0.25) is 5.02 Å². The minimum atomic E-state index is -3.40. The fourth-order valence-electron chi connectivity index (χ4n) is 2.16. The first-order chi connectivity index (χ1) is 8.90. The largest absolute Gasteiger partial charge is 0.314 e. The average Bonchev–Trinajstić information content (AvgIpc) is 2.34. The Morgan fingerprint density at radius 1 is 1.50 bits per heavy atom. The lowest BCUT2D eigenvalue weighted by atomic mass is 10.2. The van der Waals surface area contributed by atoms with Crippen molar-refractivity contribution in [2.45, 2.75) is 18.7 Å². The van der Waals surface area contributed by atoms with Gasteiger partial charge < -0.3 is 5.32 Å². The van der Waals surface area contributed by atoms with Crippen molar-refractivity contribution in [3.63, 3.8) is 0 Å². The normalized spacial score (nSPS) is 20.4. The molecule has 1 aromatic rings. The van der Waals surface area contributed by atoms with E-state index in [9.17, 15) is 12.8 Å². The molecule has 1 unspecified atom stereocenters. The van der Waals surface area contributed by atoms with Gasteiger partial charge in [0, 0.05) is 25.7 Å². The summed E-state index contributed by atoms with van der Waals surface area (Å²) in [4.78, 5) is 0. The van der Waals surface area contributed by atoms with E-state index in [1.165, 1.54) is 22.5 Å². The van der Waals surface area contributed by atoms with Crippen molar-refractivity contribution in [2.75, 3.05) is 19.6 Å². The van der Waals surface area contributed by atoms with Crippen LogP contribution in [-0.4, -0.2) is 38.4 Å². The fourth-order valence-corrected chi connectivity index (χ4v) is 4.12. The Labute approximate surface area is 129 Å². The minimum absolute atomic E-state index is 0. The van der Waals surface area contributed by atoms with Crippen molar-refractivity contribution in [3.8, 4) is 0 Å². The second kappa shape index (κ2) is 7.04. The van der Waals surface area contributed by atoms with Crippen LogP contribution in [-0.2, 0) is 15.8 Å². The van der Waals surface area contributed by atoms with Gasteiger partial charge >= 0.3 is 0 Å². The summed E-state index contributed by atoms with van der Waals surface area (Å²) in [6, 6.07) is 3.93. The number of nitrogens with zero attached hydrogens (tertiary/aromatic N) is 1. The van der Waals surface area contributed by atoms with Crippen LogP contribution in [0.15, 0.2) is 18.2 Å². The van der Waals surface area contributed by atoms with Crippen molar-refractivity contribution >= 4 is 34.0 Å². The molecular weight excluding hydrogens is 326 g/mol. The van der Waals surface area contributed by atoms with Gasteiger partial charge in [0.15, 0.2) is 0 Å². The maximum atomic E-state index is 13.0. The molecule has 1 aromatic carbocycles. The van der Waals surface area contributed by atoms with Gasteiger partial charge in [-0.05, 0) is 24.6 Å². The van der Waals surface area contributed by atoms with Gasteiger partial charge in [0.25, 0.3) is 0 Å². The molecule has 2 rings (SSSR count). The molecule has 0 aromatic heterocycles. The Kier molecular flexibility index (Phi) is 6.22. The molecule has 0 spiro atoms. The van der Waals surface area contributed by atoms with Crippen LogP contribution in [0.3, 0.4) is 0 Å². The molecule has 1 saturated heterocycles. The van der Waals surface area contributed by atoms with Gasteiger partial charge in [0.2, 0.25) is 10.0 Å². The van der Waals surface area contributed by atoms with Crippen LogP contribution in [0.1, 0.15) is 12.5 Å².